The zero-order chi connectivity index (χ0) is 23.4. The van der Waals surface area contributed by atoms with E-state index in [-0.39, 0.29) is 11.9 Å². The lowest BCUT2D eigenvalue weighted by Crippen LogP contribution is -2.37. The number of aromatic amines is 1. The average Bonchev–Trinajstić information content (AvgIpc) is 3.53. The molecule has 1 saturated heterocycles. The summed E-state index contributed by atoms with van der Waals surface area (Å²) in [5.41, 5.74) is 2.41. The van der Waals surface area contributed by atoms with Gasteiger partial charge in [0.2, 0.25) is 5.75 Å². The van der Waals surface area contributed by atoms with Gasteiger partial charge in [-0.15, -0.1) is 0 Å². The minimum absolute atomic E-state index is 0.00210. The molecule has 0 radical (unpaired) electrons. The highest BCUT2D eigenvalue weighted by molar-refractivity contribution is 5.96. The lowest BCUT2D eigenvalue weighted by Gasteiger charge is -2.17. The van der Waals surface area contributed by atoms with E-state index in [1.165, 1.54) is 21.3 Å². The third kappa shape index (κ3) is 4.67. The molecule has 1 atom stereocenters. The van der Waals surface area contributed by atoms with Crippen LogP contribution in [0.15, 0.2) is 42.5 Å². The number of rotatable bonds is 8. The first-order chi connectivity index (χ1) is 16.1. The Bertz CT molecular complexity index is 1090. The van der Waals surface area contributed by atoms with E-state index in [0.717, 1.165) is 35.8 Å². The van der Waals surface area contributed by atoms with Gasteiger partial charge in [0.15, 0.2) is 17.3 Å². The Morgan fingerprint density at radius 2 is 1.70 bits per heavy atom. The lowest BCUT2D eigenvalue weighted by atomic mass is 10.1. The number of nitrogens with zero attached hydrogens (tertiary/aromatic N) is 2. The molecule has 174 valence electrons. The van der Waals surface area contributed by atoms with Crippen molar-refractivity contribution in [3.05, 3.63) is 48.0 Å². The molecular formula is C24H28N4O5. The van der Waals surface area contributed by atoms with Crippen LogP contribution in [-0.4, -0.2) is 63.7 Å². The molecule has 4 rings (SSSR count). The summed E-state index contributed by atoms with van der Waals surface area (Å²) in [5.74, 6) is 2.81. The second-order valence-electron chi connectivity index (χ2n) is 7.69. The van der Waals surface area contributed by atoms with E-state index < -0.39 is 0 Å². The normalized spacial score (nSPS) is 15.3. The van der Waals surface area contributed by atoms with Crippen LogP contribution in [0.3, 0.4) is 0 Å². The zero-order valence-electron chi connectivity index (χ0n) is 19.2. The average molecular weight is 453 g/mol. The predicted octanol–water partition coefficient (Wildman–Crippen LogP) is 3.12. The molecule has 1 aliphatic heterocycles. The van der Waals surface area contributed by atoms with E-state index in [2.05, 4.69) is 20.4 Å². The van der Waals surface area contributed by atoms with Gasteiger partial charge < -0.3 is 29.2 Å². The largest absolute Gasteiger partial charge is 0.497 e. The second-order valence-corrected chi connectivity index (χ2v) is 7.69. The van der Waals surface area contributed by atoms with Crippen molar-refractivity contribution < 1.29 is 23.7 Å². The van der Waals surface area contributed by atoms with Crippen molar-refractivity contribution in [3.63, 3.8) is 0 Å². The maximum atomic E-state index is 12.9. The number of amides is 1. The van der Waals surface area contributed by atoms with Gasteiger partial charge >= 0.3 is 0 Å². The summed E-state index contributed by atoms with van der Waals surface area (Å²) in [5, 5.41) is 10.7. The standard InChI is InChI=1S/C24H28N4O5/c1-30-18-7-5-15(6-8-18)19-13-22(27-26-19)28-10-9-17(14-28)25-24(29)16-11-20(31-2)23(33-4)21(12-16)32-3/h5-8,11-13,17H,9-10,14H2,1-4H3,(H,25,29)(H,26,27). The van der Waals surface area contributed by atoms with Crippen LogP contribution < -0.4 is 29.2 Å². The number of hydrogen-bond donors (Lipinski definition) is 2. The zero-order valence-corrected chi connectivity index (χ0v) is 19.2. The monoisotopic (exact) mass is 452 g/mol. The van der Waals surface area contributed by atoms with Gasteiger partial charge in [0, 0.05) is 30.8 Å². The molecule has 2 aromatic carbocycles. The van der Waals surface area contributed by atoms with Gasteiger partial charge in [-0.2, -0.15) is 5.10 Å². The molecule has 1 amide bonds. The Balaban J connectivity index is 1.41. The predicted molar refractivity (Wildman–Crippen MR) is 125 cm³/mol. The Morgan fingerprint density at radius 3 is 2.30 bits per heavy atom. The highest BCUT2D eigenvalue weighted by Crippen LogP contribution is 2.38. The maximum absolute atomic E-state index is 12.9. The number of methoxy groups -OCH3 is 4. The van der Waals surface area contributed by atoms with Crippen molar-refractivity contribution in [2.24, 2.45) is 0 Å². The van der Waals surface area contributed by atoms with Gasteiger partial charge in [-0.1, -0.05) is 0 Å². The summed E-state index contributed by atoms with van der Waals surface area (Å²) in [6.45, 7) is 1.47. The quantitative estimate of drug-likeness (QED) is 0.542. The fraction of sp³-hybridized carbons (Fsp3) is 0.333. The summed E-state index contributed by atoms with van der Waals surface area (Å²) in [7, 11) is 6.23. The number of ether oxygens (including phenoxy) is 4. The van der Waals surface area contributed by atoms with Gasteiger partial charge in [-0.3, -0.25) is 9.89 Å². The molecule has 0 spiro atoms. The number of benzene rings is 2. The summed E-state index contributed by atoms with van der Waals surface area (Å²) in [6, 6.07) is 13.1. The summed E-state index contributed by atoms with van der Waals surface area (Å²) in [6.07, 6.45) is 0.820. The van der Waals surface area contributed by atoms with Crippen molar-refractivity contribution in [3.8, 4) is 34.3 Å². The van der Waals surface area contributed by atoms with Crippen LogP contribution >= 0.6 is 0 Å². The minimum Gasteiger partial charge on any atom is -0.497 e. The summed E-state index contributed by atoms with van der Waals surface area (Å²) >= 11 is 0. The van der Waals surface area contributed by atoms with Crippen LogP contribution in [0.4, 0.5) is 5.82 Å². The van der Waals surface area contributed by atoms with Crippen LogP contribution in [0.2, 0.25) is 0 Å². The van der Waals surface area contributed by atoms with Crippen LogP contribution in [0, 0.1) is 0 Å². The van der Waals surface area contributed by atoms with Crippen LogP contribution in [0.25, 0.3) is 11.3 Å². The molecule has 0 saturated carbocycles. The Kier molecular flexibility index (Phi) is 6.58. The molecule has 0 aliphatic carbocycles. The summed E-state index contributed by atoms with van der Waals surface area (Å²) in [4.78, 5) is 15.1. The van der Waals surface area contributed by atoms with Gasteiger partial charge in [-0.05, 0) is 48.4 Å². The highest BCUT2D eigenvalue weighted by Gasteiger charge is 2.27. The fourth-order valence-corrected chi connectivity index (χ4v) is 3.96. The van der Waals surface area contributed by atoms with E-state index in [1.54, 1.807) is 19.2 Å². The molecule has 3 aromatic rings. The van der Waals surface area contributed by atoms with Gasteiger partial charge in [0.05, 0.1) is 34.1 Å². The van der Waals surface area contributed by atoms with E-state index in [4.69, 9.17) is 18.9 Å². The second kappa shape index (κ2) is 9.72. The summed E-state index contributed by atoms with van der Waals surface area (Å²) < 4.78 is 21.3. The fourth-order valence-electron chi connectivity index (χ4n) is 3.96. The smallest absolute Gasteiger partial charge is 0.251 e. The highest BCUT2D eigenvalue weighted by atomic mass is 16.5. The molecule has 1 fully saturated rings. The number of nitrogens with one attached hydrogen (secondary N) is 2. The van der Waals surface area contributed by atoms with Crippen molar-refractivity contribution >= 4 is 11.7 Å². The molecule has 9 nitrogen and oxygen atoms in total. The SMILES string of the molecule is COc1ccc(-c2cc(N3CCC(NC(=O)c4cc(OC)c(OC)c(OC)c4)C3)n[nH]2)cc1. The molecular weight excluding hydrogens is 424 g/mol. The van der Waals surface area contributed by atoms with E-state index in [1.807, 2.05) is 30.3 Å². The van der Waals surface area contributed by atoms with Crippen molar-refractivity contribution in [2.75, 3.05) is 46.4 Å². The van der Waals surface area contributed by atoms with Crippen LogP contribution in [-0.2, 0) is 0 Å². The Labute approximate surface area is 192 Å². The van der Waals surface area contributed by atoms with Crippen molar-refractivity contribution in [1.82, 2.24) is 15.5 Å². The maximum Gasteiger partial charge on any atom is 0.251 e. The number of carbonyl (C=O) groups is 1. The van der Waals surface area contributed by atoms with Crippen molar-refractivity contribution in [1.29, 1.82) is 0 Å². The third-order valence-corrected chi connectivity index (χ3v) is 5.74. The van der Waals surface area contributed by atoms with Crippen LogP contribution in [0.5, 0.6) is 23.0 Å². The minimum atomic E-state index is -0.193. The van der Waals surface area contributed by atoms with E-state index in [9.17, 15) is 4.79 Å². The first-order valence-corrected chi connectivity index (χ1v) is 10.6. The first-order valence-electron chi connectivity index (χ1n) is 10.6. The molecule has 1 aliphatic rings. The molecule has 0 bridgehead atoms. The van der Waals surface area contributed by atoms with Gasteiger partial charge in [0.1, 0.15) is 5.75 Å². The molecule has 1 unspecified atom stereocenters. The number of H-pyrrole nitrogens is 1. The number of anilines is 1. The lowest BCUT2D eigenvalue weighted by molar-refractivity contribution is 0.0939. The number of hydrogen-bond acceptors (Lipinski definition) is 7. The molecule has 33 heavy (non-hydrogen) atoms. The Morgan fingerprint density at radius 1 is 1.00 bits per heavy atom. The Hall–Kier alpha value is -3.88. The van der Waals surface area contributed by atoms with E-state index >= 15 is 0 Å². The van der Waals surface area contributed by atoms with Crippen LogP contribution in [0.1, 0.15) is 16.8 Å². The molecule has 1 aromatic heterocycles. The van der Waals surface area contributed by atoms with Crippen molar-refractivity contribution in [2.45, 2.75) is 12.5 Å². The van der Waals surface area contributed by atoms with Gasteiger partial charge in [0.25, 0.3) is 5.91 Å². The van der Waals surface area contributed by atoms with Gasteiger partial charge in [-0.25, -0.2) is 0 Å². The number of aromatic nitrogens is 2. The molecule has 2 heterocycles. The topological polar surface area (TPSA) is 97.9 Å². The third-order valence-electron chi connectivity index (χ3n) is 5.74. The van der Waals surface area contributed by atoms with E-state index in [0.29, 0.717) is 29.4 Å². The number of carbonyl (C=O) groups excluding carboxylic acids is 1. The molecule has 9 heteroatoms. The first kappa shape index (κ1) is 22.3. The molecule has 2 N–H and O–H groups in total.